The van der Waals surface area contributed by atoms with E-state index in [1.807, 2.05) is 0 Å². The zero-order valence-electron chi connectivity index (χ0n) is 20.6. The second kappa shape index (κ2) is 8.91. The van der Waals surface area contributed by atoms with Crippen LogP contribution in [0.3, 0.4) is 0 Å². The Morgan fingerprint density at radius 2 is 1.84 bits per heavy atom. The highest BCUT2D eigenvalue weighted by Gasteiger charge is 2.56. The molecule has 0 aromatic rings. The van der Waals surface area contributed by atoms with Crippen molar-refractivity contribution in [1.29, 1.82) is 0 Å². The van der Waals surface area contributed by atoms with Crippen LogP contribution < -0.4 is 0 Å². The third-order valence-electron chi connectivity index (χ3n) is 10.2. The van der Waals surface area contributed by atoms with Crippen LogP contribution in [-0.2, 0) is 4.84 Å². The molecule has 2 saturated carbocycles. The van der Waals surface area contributed by atoms with E-state index in [2.05, 4.69) is 43.0 Å². The average Bonchev–Trinajstić information content (AvgIpc) is 3.15. The van der Waals surface area contributed by atoms with Gasteiger partial charge in [-0.15, -0.1) is 0 Å². The minimum Gasteiger partial charge on any atom is -0.394 e. The van der Waals surface area contributed by atoms with E-state index in [9.17, 15) is 5.11 Å². The summed E-state index contributed by atoms with van der Waals surface area (Å²) in [6, 6.07) is 0. The molecule has 6 atom stereocenters. The number of piperidine rings is 1. The topological polar surface area (TPSA) is 45.1 Å². The van der Waals surface area contributed by atoms with Crippen molar-refractivity contribution in [3.8, 4) is 0 Å². The molecule has 3 fully saturated rings. The maximum Gasteiger partial charge on any atom is 0.129 e. The maximum absolute atomic E-state index is 10.2. The van der Waals surface area contributed by atoms with E-state index in [1.165, 1.54) is 63.6 Å². The van der Waals surface area contributed by atoms with Gasteiger partial charge in [-0.05, 0) is 112 Å². The van der Waals surface area contributed by atoms with Gasteiger partial charge < -0.3 is 9.94 Å². The summed E-state index contributed by atoms with van der Waals surface area (Å²) in [5.74, 6) is 2.26. The lowest BCUT2D eigenvalue weighted by molar-refractivity contribution is -0.0280. The maximum atomic E-state index is 10.2. The minimum absolute atomic E-state index is 0.117. The molecule has 0 aromatic carbocycles. The van der Waals surface area contributed by atoms with Gasteiger partial charge in [-0.25, -0.2) is 0 Å². The van der Waals surface area contributed by atoms with Gasteiger partial charge in [-0.3, -0.25) is 4.90 Å². The predicted octanol–water partition coefficient (Wildman–Crippen LogP) is 5.72. The molecule has 32 heavy (non-hydrogen) atoms. The van der Waals surface area contributed by atoms with Crippen molar-refractivity contribution in [1.82, 2.24) is 4.90 Å². The molecule has 4 heteroatoms. The number of fused-ring (bicyclic) bond motifs is 5. The van der Waals surface area contributed by atoms with Crippen LogP contribution in [0.15, 0.2) is 28.5 Å². The number of aliphatic hydroxyl groups excluding tert-OH is 1. The van der Waals surface area contributed by atoms with Gasteiger partial charge in [-0.1, -0.05) is 43.1 Å². The summed E-state index contributed by atoms with van der Waals surface area (Å²) in [6.07, 6.45) is 16.9. The fourth-order valence-corrected chi connectivity index (χ4v) is 8.31. The zero-order chi connectivity index (χ0) is 22.3. The molecule has 1 N–H and O–H groups in total. The van der Waals surface area contributed by atoms with Crippen LogP contribution in [0.25, 0.3) is 0 Å². The lowest BCUT2D eigenvalue weighted by Gasteiger charge is -2.57. The summed E-state index contributed by atoms with van der Waals surface area (Å²) in [5.41, 5.74) is 4.67. The van der Waals surface area contributed by atoms with Gasteiger partial charge in [-0.2, -0.15) is 0 Å². The molecule has 0 spiro atoms. The van der Waals surface area contributed by atoms with E-state index in [1.54, 1.807) is 5.57 Å². The molecule has 1 aliphatic heterocycles. The molecule has 0 aromatic heterocycles. The fourth-order valence-electron chi connectivity index (χ4n) is 8.31. The van der Waals surface area contributed by atoms with Gasteiger partial charge in [0.2, 0.25) is 0 Å². The number of oxime groups is 1. The number of hydrogen-bond donors (Lipinski definition) is 1. The van der Waals surface area contributed by atoms with E-state index in [0.29, 0.717) is 12.0 Å². The first kappa shape index (κ1) is 22.7. The summed E-state index contributed by atoms with van der Waals surface area (Å²) in [6.45, 7) is 11.3. The van der Waals surface area contributed by atoms with Crippen LogP contribution in [0.1, 0.15) is 85.0 Å². The van der Waals surface area contributed by atoms with Gasteiger partial charge in [0.05, 0.1) is 11.8 Å². The summed E-state index contributed by atoms with van der Waals surface area (Å²) in [7, 11) is 0. The standard InChI is InChI=1S/C28H44N2O2/c1-20(29-32-18-17-30-15-5-4-6-16-30)24-9-10-25-23-8-7-21-19-22(31)11-13-27(21,2)26(23)12-14-28(24,25)3/h7,9,22-23,25-26,31H,4-6,8,10-19H2,1-3H3/t22-,23-,25-,26-,27-,28+/m0/s1. The number of nitrogens with zero attached hydrogens (tertiary/aromatic N) is 2. The molecule has 1 heterocycles. The summed E-state index contributed by atoms with van der Waals surface area (Å²) >= 11 is 0. The molecule has 5 rings (SSSR count). The normalized spacial score (nSPS) is 42.4. The van der Waals surface area contributed by atoms with Crippen molar-refractivity contribution in [2.24, 2.45) is 33.7 Å². The highest BCUT2D eigenvalue weighted by molar-refractivity contribution is 5.99. The van der Waals surface area contributed by atoms with Crippen molar-refractivity contribution in [2.75, 3.05) is 26.2 Å². The molecular formula is C28H44N2O2. The van der Waals surface area contributed by atoms with E-state index < -0.39 is 0 Å². The number of aliphatic hydroxyl groups is 1. The highest BCUT2D eigenvalue weighted by atomic mass is 16.6. The monoisotopic (exact) mass is 440 g/mol. The van der Waals surface area contributed by atoms with Gasteiger partial charge in [0.1, 0.15) is 6.61 Å². The van der Waals surface area contributed by atoms with E-state index in [4.69, 9.17) is 4.84 Å². The molecule has 178 valence electrons. The first-order valence-corrected chi connectivity index (χ1v) is 13.4. The Bertz CT molecular complexity index is 795. The van der Waals surface area contributed by atoms with Crippen LogP contribution in [-0.4, -0.2) is 48.1 Å². The molecule has 0 bridgehead atoms. The van der Waals surface area contributed by atoms with Crippen LogP contribution in [0.5, 0.6) is 0 Å². The van der Waals surface area contributed by atoms with Gasteiger partial charge >= 0.3 is 0 Å². The SMILES string of the molecule is CC(=NOCCN1CCCCC1)C1=CC[C@H]2[C@@H]3CC=C4C[C@@H](O)CC[C@]4(C)[C@H]3CC[C@]12C. The van der Waals surface area contributed by atoms with Gasteiger partial charge in [0.15, 0.2) is 0 Å². The van der Waals surface area contributed by atoms with E-state index in [0.717, 1.165) is 49.3 Å². The lowest BCUT2D eigenvalue weighted by Crippen LogP contribution is -2.50. The Balaban J connectivity index is 1.24. The smallest absolute Gasteiger partial charge is 0.129 e. The minimum atomic E-state index is -0.117. The molecule has 0 amide bonds. The third kappa shape index (κ3) is 3.90. The Hall–Kier alpha value is -1.13. The molecule has 5 aliphatic rings. The predicted molar refractivity (Wildman–Crippen MR) is 131 cm³/mol. The first-order chi connectivity index (χ1) is 15.4. The van der Waals surface area contributed by atoms with Crippen LogP contribution in [0.4, 0.5) is 0 Å². The second-order valence-electron chi connectivity index (χ2n) is 11.9. The van der Waals surface area contributed by atoms with Crippen molar-refractivity contribution in [2.45, 2.75) is 91.1 Å². The number of rotatable bonds is 5. The molecule has 0 unspecified atom stereocenters. The van der Waals surface area contributed by atoms with Crippen molar-refractivity contribution < 1.29 is 9.94 Å². The number of likely N-dealkylation sites (tertiary alicyclic amines) is 1. The summed E-state index contributed by atoms with van der Waals surface area (Å²) < 4.78 is 0. The third-order valence-corrected chi connectivity index (χ3v) is 10.2. The Morgan fingerprint density at radius 1 is 1.06 bits per heavy atom. The Labute approximate surface area is 195 Å². The van der Waals surface area contributed by atoms with Gasteiger partial charge in [0.25, 0.3) is 0 Å². The first-order valence-electron chi connectivity index (χ1n) is 13.4. The number of hydrogen-bond acceptors (Lipinski definition) is 4. The molecule has 4 aliphatic carbocycles. The fraction of sp³-hybridized carbons (Fsp3) is 0.821. The molecule has 1 saturated heterocycles. The van der Waals surface area contributed by atoms with Crippen LogP contribution in [0, 0.1) is 28.6 Å². The van der Waals surface area contributed by atoms with E-state index >= 15 is 0 Å². The Morgan fingerprint density at radius 3 is 2.66 bits per heavy atom. The Kier molecular flexibility index (Phi) is 6.30. The molecule has 4 nitrogen and oxygen atoms in total. The quantitative estimate of drug-likeness (QED) is 0.257. The molecule has 0 radical (unpaired) electrons. The molecular weight excluding hydrogens is 396 g/mol. The largest absolute Gasteiger partial charge is 0.394 e. The van der Waals surface area contributed by atoms with E-state index in [-0.39, 0.29) is 11.5 Å². The zero-order valence-corrected chi connectivity index (χ0v) is 20.6. The number of allylic oxidation sites excluding steroid dienone is 3. The highest BCUT2D eigenvalue weighted by Crippen LogP contribution is 2.65. The van der Waals surface area contributed by atoms with Gasteiger partial charge in [0, 0.05) is 6.54 Å². The lowest BCUT2D eigenvalue weighted by atomic mass is 9.47. The summed E-state index contributed by atoms with van der Waals surface area (Å²) in [5, 5.41) is 14.8. The summed E-state index contributed by atoms with van der Waals surface area (Å²) in [4.78, 5) is 8.32. The van der Waals surface area contributed by atoms with Crippen LogP contribution in [0.2, 0.25) is 0 Å². The van der Waals surface area contributed by atoms with Crippen molar-refractivity contribution in [3.63, 3.8) is 0 Å². The van der Waals surface area contributed by atoms with Crippen molar-refractivity contribution in [3.05, 3.63) is 23.3 Å². The second-order valence-corrected chi connectivity index (χ2v) is 11.9. The van der Waals surface area contributed by atoms with Crippen LogP contribution >= 0.6 is 0 Å². The average molecular weight is 441 g/mol. The van der Waals surface area contributed by atoms with Crippen molar-refractivity contribution >= 4 is 5.71 Å².